The van der Waals surface area contributed by atoms with Gasteiger partial charge in [0.25, 0.3) is 0 Å². The smallest absolute Gasteiger partial charge is 0.176 e. The second-order valence-electron chi connectivity index (χ2n) is 6.35. The molecule has 0 aliphatic carbocycles. The van der Waals surface area contributed by atoms with E-state index in [0.717, 1.165) is 59.7 Å². The lowest BCUT2D eigenvalue weighted by Gasteiger charge is -2.13. The monoisotopic (exact) mass is 338 g/mol. The van der Waals surface area contributed by atoms with Gasteiger partial charge in [-0.15, -0.1) is 0 Å². The molecule has 1 fully saturated rings. The standard InChI is InChI=1S/C19H22N4O2/c1-3-23-19(20-12-21-23)18-9-13(2)16-10-14(6-7-17(16)22-18)25-11-15-5-4-8-24-15/h6-7,9-10,12,15H,3-5,8,11H2,1-2H3. The molecule has 1 aliphatic heterocycles. The molecule has 0 spiro atoms. The van der Waals surface area contributed by atoms with E-state index in [0.29, 0.717) is 6.61 Å². The van der Waals surface area contributed by atoms with Crippen molar-refractivity contribution < 1.29 is 9.47 Å². The molecule has 1 atom stereocenters. The molecule has 4 rings (SSSR count). The number of benzene rings is 1. The summed E-state index contributed by atoms with van der Waals surface area (Å²) in [4.78, 5) is 9.11. The van der Waals surface area contributed by atoms with Crippen LogP contribution in [0.3, 0.4) is 0 Å². The van der Waals surface area contributed by atoms with Crippen LogP contribution in [-0.2, 0) is 11.3 Å². The van der Waals surface area contributed by atoms with Crippen LogP contribution in [0.5, 0.6) is 5.75 Å². The van der Waals surface area contributed by atoms with Crippen molar-refractivity contribution in [2.24, 2.45) is 0 Å². The van der Waals surface area contributed by atoms with Gasteiger partial charge in [-0.3, -0.25) is 0 Å². The van der Waals surface area contributed by atoms with Gasteiger partial charge in [0.05, 0.1) is 11.6 Å². The molecule has 6 heteroatoms. The highest BCUT2D eigenvalue weighted by molar-refractivity contribution is 5.85. The van der Waals surface area contributed by atoms with Crippen LogP contribution in [0.1, 0.15) is 25.3 Å². The van der Waals surface area contributed by atoms with Gasteiger partial charge >= 0.3 is 0 Å². The zero-order valence-corrected chi connectivity index (χ0v) is 14.6. The quantitative estimate of drug-likeness (QED) is 0.714. The van der Waals surface area contributed by atoms with Gasteiger partial charge in [-0.2, -0.15) is 5.10 Å². The van der Waals surface area contributed by atoms with E-state index in [2.05, 4.69) is 29.1 Å². The van der Waals surface area contributed by atoms with Gasteiger partial charge in [0.15, 0.2) is 5.82 Å². The third-order valence-corrected chi connectivity index (χ3v) is 4.59. The minimum absolute atomic E-state index is 0.220. The Balaban J connectivity index is 1.62. The molecule has 1 unspecified atom stereocenters. The van der Waals surface area contributed by atoms with Gasteiger partial charge in [0.1, 0.15) is 24.4 Å². The van der Waals surface area contributed by atoms with Crippen LogP contribution >= 0.6 is 0 Å². The third-order valence-electron chi connectivity index (χ3n) is 4.59. The SMILES string of the molecule is CCn1ncnc1-c1cc(C)c2cc(OCC3CCCO3)ccc2n1. The summed E-state index contributed by atoms with van der Waals surface area (Å²) in [5.41, 5.74) is 2.93. The van der Waals surface area contributed by atoms with E-state index < -0.39 is 0 Å². The summed E-state index contributed by atoms with van der Waals surface area (Å²) in [5, 5.41) is 5.32. The summed E-state index contributed by atoms with van der Waals surface area (Å²) in [5.74, 6) is 1.66. The van der Waals surface area contributed by atoms with E-state index in [1.54, 1.807) is 6.33 Å². The largest absolute Gasteiger partial charge is 0.491 e. The summed E-state index contributed by atoms with van der Waals surface area (Å²) in [6.45, 7) is 6.35. The van der Waals surface area contributed by atoms with Crippen molar-refractivity contribution in [1.29, 1.82) is 0 Å². The van der Waals surface area contributed by atoms with Crippen LogP contribution in [0.15, 0.2) is 30.6 Å². The molecule has 0 N–H and O–H groups in total. The van der Waals surface area contributed by atoms with E-state index in [4.69, 9.17) is 14.5 Å². The lowest BCUT2D eigenvalue weighted by atomic mass is 10.1. The van der Waals surface area contributed by atoms with Gasteiger partial charge < -0.3 is 9.47 Å². The Hall–Kier alpha value is -2.47. The topological polar surface area (TPSA) is 62.1 Å². The Bertz CT molecular complexity index is 884. The lowest BCUT2D eigenvalue weighted by Crippen LogP contribution is -2.16. The van der Waals surface area contributed by atoms with Crippen molar-refractivity contribution in [3.05, 3.63) is 36.2 Å². The molecule has 2 aromatic heterocycles. The number of aryl methyl sites for hydroxylation is 2. The van der Waals surface area contributed by atoms with Crippen molar-refractivity contribution in [3.8, 4) is 17.3 Å². The van der Waals surface area contributed by atoms with Crippen molar-refractivity contribution in [2.45, 2.75) is 39.3 Å². The minimum Gasteiger partial charge on any atom is -0.491 e. The second-order valence-corrected chi connectivity index (χ2v) is 6.35. The molecular weight excluding hydrogens is 316 g/mol. The molecule has 25 heavy (non-hydrogen) atoms. The zero-order valence-electron chi connectivity index (χ0n) is 14.6. The Morgan fingerprint density at radius 3 is 3.04 bits per heavy atom. The molecule has 1 aliphatic rings. The van der Waals surface area contributed by atoms with E-state index in [-0.39, 0.29) is 6.10 Å². The van der Waals surface area contributed by atoms with Crippen molar-refractivity contribution >= 4 is 10.9 Å². The predicted molar refractivity (Wildman–Crippen MR) is 95.6 cm³/mol. The summed E-state index contributed by atoms with van der Waals surface area (Å²) in [6, 6.07) is 8.09. The Kier molecular flexibility index (Phi) is 4.36. The van der Waals surface area contributed by atoms with Gasteiger partial charge in [-0.1, -0.05) is 0 Å². The fourth-order valence-electron chi connectivity index (χ4n) is 3.24. The molecule has 0 saturated carbocycles. The Morgan fingerprint density at radius 1 is 1.32 bits per heavy atom. The first-order valence-electron chi connectivity index (χ1n) is 8.78. The van der Waals surface area contributed by atoms with E-state index >= 15 is 0 Å². The van der Waals surface area contributed by atoms with Crippen LogP contribution in [0, 0.1) is 6.92 Å². The van der Waals surface area contributed by atoms with Crippen LogP contribution < -0.4 is 4.74 Å². The molecule has 1 saturated heterocycles. The molecular formula is C19H22N4O2. The number of pyridine rings is 1. The van der Waals surface area contributed by atoms with Gasteiger partial charge in [-0.25, -0.2) is 14.6 Å². The second kappa shape index (κ2) is 6.80. The first kappa shape index (κ1) is 16.0. The Labute approximate surface area is 146 Å². The molecule has 130 valence electrons. The molecule has 0 amide bonds. The van der Waals surface area contributed by atoms with E-state index in [9.17, 15) is 0 Å². The fourth-order valence-corrected chi connectivity index (χ4v) is 3.24. The average molecular weight is 338 g/mol. The van der Waals surface area contributed by atoms with Crippen LogP contribution in [0.2, 0.25) is 0 Å². The number of rotatable bonds is 5. The Morgan fingerprint density at radius 2 is 2.24 bits per heavy atom. The zero-order chi connectivity index (χ0) is 17.2. The van der Waals surface area contributed by atoms with Crippen LogP contribution in [-0.4, -0.2) is 39.1 Å². The number of ether oxygens (including phenoxy) is 2. The van der Waals surface area contributed by atoms with Gasteiger partial charge in [-0.05, 0) is 56.5 Å². The van der Waals surface area contributed by atoms with E-state index in [1.807, 2.05) is 23.7 Å². The molecule has 0 radical (unpaired) electrons. The summed E-state index contributed by atoms with van der Waals surface area (Å²) < 4.78 is 13.4. The number of hydrogen-bond acceptors (Lipinski definition) is 5. The van der Waals surface area contributed by atoms with Crippen molar-refractivity contribution in [1.82, 2.24) is 19.7 Å². The van der Waals surface area contributed by atoms with Gasteiger partial charge in [0.2, 0.25) is 0 Å². The average Bonchev–Trinajstić information content (AvgIpc) is 3.31. The highest BCUT2D eigenvalue weighted by Crippen LogP contribution is 2.27. The normalized spacial score (nSPS) is 17.3. The highest BCUT2D eigenvalue weighted by Gasteiger charge is 2.16. The summed E-state index contributed by atoms with van der Waals surface area (Å²) in [7, 11) is 0. The number of hydrogen-bond donors (Lipinski definition) is 0. The predicted octanol–water partition coefficient (Wildman–Crippen LogP) is 3.38. The van der Waals surface area contributed by atoms with Crippen molar-refractivity contribution in [2.75, 3.05) is 13.2 Å². The first-order chi connectivity index (χ1) is 12.2. The van der Waals surface area contributed by atoms with Crippen LogP contribution in [0.4, 0.5) is 0 Å². The maximum Gasteiger partial charge on any atom is 0.176 e. The highest BCUT2D eigenvalue weighted by atomic mass is 16.5. The van der Waals surface area contributed by atoms with Gasteiger partial charge in [0, 0.05) is 18.5 Å². The fraction of sp³-hybridized carbons (Fsp3) is 0.421. The minimum atomic E-state index is 0.220. The van der Waals surface area contributed by atoms with E-state index in [1.165, 1.54) is 0 Å². The van der Waals surface area contributed by atoms with Crippen molar-refractivity contribution in [3.63, 3.8) is 0 Å². The third kappa shape index (κ3) is 3.22. The number of nitrogens with zero attached hydrogens (tertiary/aromatic N) is 4. The van der Waals surface area contributed by atoms with Crippen LogP contribution in [0.25, 0.3) is 22.4 Å². The first-order valence-corrected chi connectivity index (χ1v) is 8.78. The molecule has 6 nitrogen and oxygen atoms in total. The maximum absolute atomic E-state index is 5.91. The summed E-state index contributed by atoms with van der Waals surface area (Å²) >= 11 is 0. The molecule has 3 aromatic rings. The molecule has 3 heterocycles. The maximum atomic E-state index is 5.91. The number of aromatic nitrogens is 4. The summed E-state index contributed by atoms with van der Waals surface area (Å²) in [6.07, 6.45) is 4.00. The number of fused-ring (bicyclic) bond motifs is 1. The molecule has 1 aromatic carbocycles. The lowest BCUT2D eigenvalue weighted by molar-refractivity contribution is 0.0680. The molecule has 0 bridgehead atoms.